The van der Waals surface area contributed by atoms with E-state index in [1.54, 1.807) is 0 Å². The molecule has 1 aromatic rings. The summed E-state index contributed by atoms with van der Waals surface area (Å²) in [5.41, 5.74) is 8.74. The first-order valence-corrected chi connectivity index (χ1v) is 6.78. The van der Waals surface area contributed by atoms with Crippen LogP contribution >= 0.6 is 0 Å². The Hall–Kier alpha value is -1.02. The van der Waals surface area contributed by atoms with Crippen LogP contribution < -0.4 is 10.6 Å². The van der Waals surface area contributed by atoms with Gasteiger partial charge in [0.05, 0.1) is 0 Å². The van der Waals surface area contributed by atoms with Crippen molar-refractivity contribution in [3.8, 4) is 0 Å². The van der Waals surface area contributed by atoms with Crippen LogP contribution in [0.3, 0.4) is 0 Å². The van der Waals surface area contributed by atoms with Gasteiger partial charge in [-0.25, -0.2) is 0 Å². The number of benzene rings is 1. The molecular weight excluding hydrogens is 208 g/mol. The van der Waals surface area contributed by atoms with E-state index in [2.05, 4.69) is 43.0 Å². The van der Waals surface area contributed by atoms with Crippen molar-refractivity contribution in [2.24, 2.45) is 5.73 Å². The predicted molar refractivity (Wildman–Crippen MR) is 74.5 cm³/mol. The first kappa shape index (κ1) is 12.4. The molecule has 1 aliphatic heterocycles. The van der Waals surface area contributed by atoms with Crippen molar-refractivity contribution < 1.29 is 0 Å². The number of anilines is 1. The summed E-state index contributed by atoms with van der Waals surface area (Å²) in [6.07, 6.45) is 4.97. The molecule has 2 unspecified atom stereocenters. The van der Waals surface area contributed by atoms with Gasteiger partial charge in [-0.05, 0) is 51.2 Å². The zero-order valence-corrected chi connectivity index (χ0v) is 11.0. The highest BCUT2D eigenvalue weighted by Crippen LogP contribution is 2.28. The van der Waals surface area contributed by atoms with Gasteiger partial charge in [-0.15, -0.1) is 0 Å². The van der Waals surface area contributed by atoms with Gasteiger partial charge < -0.3 is 10.6 Å². The molecule has 2 N–H and O–H groups in total. The van der Waals surface area contributed by atoms with E-state index < -0.39 is 0 Å². The van der Waals surface area contributed by atoms with Gasteiger partial charge in [0.1, 0.15) is 0 Å². The standard InChI is InChI=1S/C15H24N2/c1-12(16)11-14-8-3-4-9-15(14)17-10-6-5-7-13(17)2/h3-4,8-9,12-13H,5-7,10-11,16H2,1-2H3. The lowest BCUT2D eigenvalue weighted by atomic mass is 9.99. The summed E-state index contributed by atoms with van der Waals surface area (Å²) in [6.45, 7) is 5.61. The number of hydrogen-bond acceptors (Lipinski definition) is 2. The summed E-state index contributed by atoms with van der Waals surface area (Å²) >= 11 is 0. The Bertz CT molecular complexity index is 360. The van der Waals surface area contributed by atoms with Crippen molar-refractivity contribution in [2.75, 3.05) is 11.4 Å². The van der Waals surface area contributed by atoms with E-state index in [1.807, 2.05) is 0 Å². The van der Waals surface area contributed by atoms with Crippen LogP contribution in [-0.4, -0.2) is 18.6 Å². The number of piperidine rings is 1. The molecule has 1 aliphatic rings. The van der Waals surface area contributed by atoms with Gasteiger partial charge in [-0.2, -0.15) is 0 Å². The lowest BCUT2D eigenvalue weighted by Gasteiger charge is -2.37. The average molecular weight is 232 g/mol. The normalized spacial score (nSPS) is 22.5. The van der Waals surface area contributed by atoms with Crippen LogP contribution in [0.1, 0.15) is 38.7 Å². The first-order chi connectivity index (χ1) is 8.18. The van der Waals surface area contributed by atoms with Crippen LogP contribution in [0, 0.1) is 0 Å². The fourth-order valence-electron chi connectivity index (χ4n) is 2.77. The third-order valence-electron chi connectivity index (χ3n) is 3.65. The molecule has 0 spiro atoms. The van der Waals surface area contributed by atoms with E-state index in [4.69, 9.17) is 5.73 Å². The minimum absolute atomic E-state index is 0.233. The quantitative estimate of drug-likeness (QED) is 0.868. The van der Waals surface area contributed by atoms with Gasteiger partial charge in [0.25, 0.3) is 0 Å². The highest BCUT2D eigenvalue weighted by molar-refractivity contribution is 5.55. The van der Waals surface area contributed by atoms with Crippen molar-refractivity contribution in [1.82, 2.24) is 0 Å². The largest absolute Gasteiger partial charge is 0.369 e. The molecule has 2 atom stereocenters. The second kappa shape index (κ2) is 5.54. The Morgan fingerprint density at radius 1 is 1.35 bits per heavy atom. The molecule has 0 radical (unpaired) electrons. The smallest absolute Gasteiger partial charge is 0.0401 e. The third kappa shape index (κ3) is 3.01. The second-order valence-electron chi connectivity index (χ2n) is 5.35. The number of nitrogens with two attached hydrogens (primary N) is 1. The Kier molecular flexibility index (Phi) is 4.06. The van der Waals surface area contributed by atoms with Gasteiger partial charge in [-0.1, -0.05) is 18.2 Å². The van der Waals surface area contributed by atoms with Crippen molar-refractivity contribution in [2.45, 2.75) is 51.6 Å². The fourth-order valence-corrected chi connectivity index (χ4v) is 2.77. The van der Waals surface area contributed by atoms with Crippen LogP contribution in [0.5, 0.6) is 0 Å². The second-order valence-corrected chi connectivity index (χ2v) is 5.35. The lowest BCUT2D eigenvalue weighted by Crippen LogP contribution is -2.38. The molecule has 1 fully saturated rings. The number of rotatable bonds is 3. The Balaban J connectivity index is 2.23. The highest BCUT2D eigenvalue weighted by Gasteiger charge is 2.20. The zero-order chi connectivity index (χ0) is 12.3. The summed E-state index contributed by atoms with van der Waals surface area (Å²) in [5, 5.41) is 0. The summed E-state index contributed by atoms with van der Waals surface area (Å²) in [6, 6.07) is 9.63. The minimum atomic E-state index is 0.233. The van der Waals surface area contributed by atoms with Gasteiger partial charge in [0.15, 0.2) is 0 Å². The van der Waals surface area contributed by atoms with Crippen molar-refractivity contribution in [3.05, 3.63) is 29.8 Å². The summed E-state index contributed by atoms with van der Waals surface area (Å²) in [7, 11) is 0. The molecule has 2 nitrogen and oxygen atoms in total. The minimum Gasteiger partial charge on any atom is -0.369 e. The molecule has 2 rings (SSSR count). The van der Waals surface area contributed by atoms with E-state index >= 15 is 0 Å². The maximum absolute atomic E-state index is 5.94. The van der Waals surface area contributed by atoms with Gasteiger partial charge in [0, 0.05) is 24.3 Å². The molecule has 0 bridgehead atoms. The highest BCUT2D eigenvalue weighted by atomic mass is 15.2. The maximum atomic E-state index is 5.94. The van der Waals surface area contributed by atoms with E-state index in [0.29, 0.717) is 6.04 Å². The molecule has 17 heavy (non-hydrogen) atoms. The fraction of sp³-hybridized carbons (Fsp3) is 0.600. The predicted octanol–water partition coefficient (Wildman–Crippen LogP) is 2.96. The monoisotopic (exact) mass is 232 g/mol. The van der Waals surface area contributed by atoms with Crippen LogP contribution in [0.4, 0.5) is 5.69 Å². The van der Waals surface area contributed by atoms with E-state index in [9.17, 15) is 0 Å². The van der Waals surface area contributed by atoms with Gasteiger partial charge in [-0.3, -0.25) is 0 Å². The topological polar surface area (TPSA) is 29.3 Å². The van der Waals surface area contributed by atoms with Gasteiger partial charge >= 0.3 is 0 Å². The maximum Gasteiger partial charge on any atom is 0.0401 e. The van der Waals surface area contributed by atoms with Crippen LogP contribution in [-0.2, 0) is 6.42 Å². The molecular formula is C15H24N2. The molecule has 2 heteroatoms. The number of hydrogen-bond donors (Lipinski definition) is 1. The Labute approximate surface area is 105 Å². The lowest BCUT2D eigenvalue weighted by molar-refractivity contribution is 0.483. The van der Waals surface area contributed by atoms with Crippen molar-refractivity contribution in [3.63, 3.8) is 0 Å². The van der Waals surface area contributed by atoms with E-state index in [0.717, 1.165) is 6.42 Å². The first-order valence-electron chi connectivity index (χ1n) is 6.78. The van der Waals surface area contributed by atoms with Crippen LogP contribution in [0.2, 0.25) is 0 Å². The molecule has 0 amide bonds. The number of nitrogens with zero attached hydrogens (tertiary/aromatic N) is 1. The van der Waals surface area contributed by atoms with Crippen molar-refractivity contribution >= 4 is 5.69 Å². The van der Waals surface area contributed by atoms with E-state index in [1.165, 1.54) is 37.1 Å². The summed E-state index contributed by atoms with van der Waals surface area (Å²) in [5.74, 6) is 0. The molecule has 1 saturated heterocycles. The SMILES string of the molecule is CC(N)Cc1ccccc1N1CCCCC1C. The zero-order valence-electron chi connectivity index (χ0n) is 11.0. The van der Waals surface area contributed by atoms with Crippen molar-refractivity contribution in [1.29, 1.82) is 0 Å². The van der Waals surface area contributed by atoms with E-state index in [-0.39, 0.29) is 6.04 Å². The molecule has 0 aromatic heterocycles. The molecule has 1 heterocycles. The number of para-hydroxylation sites is 1. The summed E-state index contributed by atoms with van der Waals surface area (Å²) in [4.78, 5) is 2.56. The molecule has 0 saturated carbocycles. The van der Waals surface area contributed by atoms with Gasteiger partial charge in [0.2, 0.25) is 0 Å². The third-order valence-corrected chi connectivity index (χ3v) is 3.65. The molecule has 1 aromatic carbocycles. The molecule has 94 valence electrons. The van der Waals surface area contributed by atoms with Crippen LogP contribution in [0.15, 0.2) is 24.3 Å². The molecule has 0 aliphatic carbocycles. The average Bonchev–Trinajstić information content (AvgIpc) is 2.30. The summed E-state index contributed by atoms with van der Waals surface area (Å²) < 4.78 is 0. The Morgan fingerprint density at radius 3 is 2.82 bits per heavy atom. The van der Waals surface area contributed by atoms with Crippen LogP contribution in [0.25, 0.3) is 0 Å². The Morgan fingerprint density at radius 2 is 2.12 bits per heavy atom.